The zero-order chi connectivity index (χ0) is 12.1. The molecular formula is C15H33N. The van der Waals surface area contributed by atoms with Crippen molar-refractivity contribution in [1.29, 1.82) is 0 Å². The van der Waals surface area contributed by atoms with Crippen LogP contribution < -0.4 is 5.32 Å². The van der Waals surface area contributed by atoms with Gasteiger partial charge < -0.3 is 5.32 Å². The lowest BCUT2D eigenvalue weighted by Gasteiger charge is -2.13. The Labute approximate surface area is 103 Å². The summed E-state index contributed by atoms with van der Waals surface area (Å²) < 4.78 is 0. The van der Waals surface area contributed by atoms with Gasteiger partial charge in [-0.05, 0) is 25.4 Å². The van der Waals surface area contributed by atoms with Crippen molar-refractivity contribution in [2.24, 2.45) is 5.92 Å². The van der Waals surface area contributed by atoms with Crippen LogP contribution in [-0.4, -0.2) is 13.1 Å². The molecule has 1 N–H and O–H groups in total. The Kier molecular flexibility index (Phi) is 13.0. The molecule has 0 spiro atoms. The first-order chi connectivity index (χ1) is 7.85. The SMILES string of the molecule is CCCC(CC)CCCCCCCNCC. The average Bonchev–Trinajstić information content (AvgIpc) is 2.31. The fraction of sp³-hybridized carbons (Fsp3) is 1.00. The smallest absolute Gasteiger partial charge is 0.00490 e. The Morgan fingerprint density at radius 1 is 0.812 bits per heavy atom. The lowest BCUT2D eigenvalue weighted by Crippen LogP contribution is -2.13. The van der Waals surface area contributed by atoms with Crippen LogP contribution in [-0.2, 0) is 0 Å². The van der Waals surface area contributed by atoms with Gasteiger partial charge in [0.2, 0.25) is 0 Å². The molecular weight excluding hydrogens is 194 g/mol. The van der Waals surface area contributed by atoms with Gasteiger partial charge in [0.05, 0.1) is 0 Å². The second kappa shape index (κ2) is 13.0. The molecule has 0 aliphatic rings. The average molecular weight is 227 g/mol. The molecule has 98 valence electrons. The Morgan fingerprint density at radius 2 is 1.50 bits per heavy atom. The maximum absolute atomic E-state index is 3.38. The van der Waals surface area contributed by atoms with Gasteiger partial charge in [-0.3, -0.25) is 0 Å². The molecule has 0 aliphatic carbocycles. The summed E-state index contributed by atoms with van der Waals surface area (Å²) in [6.07, 6.45) is 12.8. The van der Waals surface area contributed by atoms with Gasteiger partial charge in [0.15, 0.2) is 0 Å². The third-order valence-corrected chi connectivity index (χ3v) is 3.49. The molecule has 0 heterocycles. The van der Waals surface area contributed by atoms with Gasteiger partial charge in [0, 0.05) is 0 Å². The third-order valence-electron chi connectivity index (χ3n) is 3.49. The van der Waals surface area contributed by atoms with Gasteiger partial charge in [0.1, 0.15) is 0 Å². The highest BCUT2D eigenvalue weighted by Gasteiger charge is 2.03. The highest BCUT2D eigenvalue weighted by atomic mass is 14.8. The molecule has 0 amide bonds. The summed E-state index contributed by atoms with van der Waals surface area (Å²) in [5, 5.41) is 3.38. The topological polar surface area (TPSA) is 12.0 Å². The quantitative estimate of drug-likeness (QED) is 0.474. The summed E-state index contributed by atoms with van der Waals surface area (Å²) in [5.74, 6) is 1.01. The lowest BCUT2D eigenvalue weighted by atomic mass is 9.94. The van der Waals surface area contributed by atoms with Crippen molar-refractivity contribution in [3.8, 4) is 0 Å². The summed E-state index contributed by atoms with van der Waals surface area (Å²) in [5.41, 5.74) is 0. The Hall–Kier alpha value is -0.0400. The lowest BCUT2D eigenvalue weighted by molar-refractivity contribution is 0.408. The van der Waals surface area contributed by atoms with Crippen LogP contribution in [0.3, 0.4) is 0 Å². The summed E-state index contributed by atoms with van der Waals surface area (Å²) in [6.45, 7) is 9.16. The fourth-order valence-corrected chi connectivity index (χ4v) is 2.35. The molecule has 0 saturated heterocycles. The van der Waals surface area contributed by atoms with Crippen molar-refractivity contribution in [3.63, 3.8) is 0 Å². The zero-order valence-corrected chi connectivity index (χ0v) is 11.9. The van der Waals surface area contributed by atoms with E-state index < -0.39 is 0 Å². The van der Waals surface area contributed by atoms with E-state index in [1.807, 2.05) is 0 Å². The maximum atomic E-state index is 3.38. The van der Waals surface area contributed by atoms with Crippen molar-refractivity contribution < 1.29 is 0 Å². The first-order valence-electron chi connectivity index (χ1n) is 7.55. The molecule has 0 fully saturated rings. The summed E-state index contributed by atoms with van der Waals surface area (Å²) in [6, 6.07) is 0. The standard InChI is InChI=1S/C15H33N/c1-4-12-15(5-2)13-10-8-7-9-11-14-16-6-3/h15-16H,4-14H2,1-3H3. The van der Waals surface area contributed by atoms with E-state index in [0.717, 1.165) is 12.5 Å². The van der Waals surface area contributed by atoms with E-state index in [1.165, 1.54) is 64.3 Å². The van der Waals surface area contributed by atoms with Crippen molar-refractivity contribution >= 4 is 0 Å². The number of hydrogen-bond donors (Lipinski definition) is 1. The van der Waals surface area contributed by atoms with Crippen LogP contribution in [0, 0.1) is 5.92 Å². The third kappa shape index (κ3) is 10.5. The van der Waals surface area contributed by atoms with E-state index in [-0.39, 0.29) is 0 Å². The maximum Gasteiger partial charge on any atom is -0.00490 e. The second-order valence-electron chi connectivity index (χ2n) is 4.97. The van der Waals surface area contributed by atoms with Crippen LogP contribution in [0.5, 0.6) is 0 Å². The van der Waals surface area contributed by atoms with E-state index in [0.29, 0.717) is 0 Å². The molecule has 0 aromatic rings. The van der Waals surface area contributed by atoms with Crippen LogP contribution in [0.4, 0.5) is 0 Å². The second-order valence-corrected chi connectivity index (χ2v) is 4.97. The minimum absolute atomic E-state index is 1.01. The minimum atomic E-state index is 1.01. The van der Waals surface area contributed by atoms with Gasteiger partial charge in [-0.1, -0.05) is 72.1 Å². The van der Waals surface area contributed by atoms with E-state index in [4.69, 9.17) is 0 Å². The number of nitrogens with one attached hydrogen (secondary N) is 1. The molecule has 0 aromatic carbocycles. The molecule has 16 heavy (non-hydrogen) atoms. The molecule has 1 unspecified atom stereocenters. The molecule has 0 rings (SSSR count). The molecule has 0 aliphatic heterocycles. The van der Waals surface area contributed by atoms with Gasteiger partial charge >= 0.3 is 0 Å². The van der Waals surface area contributed by atoms with E-state index in [1.54, 1.807) is 0 Å². The zero-order valence-electron chi connectivity index (χ0n) is 11.9. The first-order valence-corrected chi connectivity index (χ1v) is 7.55. The van der Waals surface area contributed by atoms with Crippen molar-refractivity contribution in [3.05, 3.63) is 0 Å². The highest BCUT2D eigenvalue weighted by molar-refractivity contribution is 4.57. The first kappa shape index (κ1) is 16.0. The van der Waals surface area contributed by atoms with Crippen molar-refractivity contribution in [2.75, 3.05) is 13.1 Å². The van der Waals surface area contributed by atoms with E-state index in [2.05, 4.69) is 26.1 Å². The summed E-state index contributed by atoms with van der Waals surface area (Å²) in [4.78, 5) is 0. The number of rotatable bonds is 12. The predicted octanol–water partition coefficient (Wildman–Crippen LogP) is 4.76. The summed E-state index contributed by atoms with van der Waals surface area (Å²) in [7, 11) is 0. The normalized spacial score (nSPS) is 12.9. The summed E-state index contributed by atoms with van der Waals surface area (Å²) >= 11 is 0. The van der Waals surface area contributed by atoms with Gasteiger partial charge in [-0.15, -0.1) is 0 Å². The largest absolute Gasteiger partial charge is 0.317 e. The Morgan fingerprint density at radius 3 is 2.12 bits per heavy atom. The van der Waals surface area contributed by atoms with Crippen LogP contribution in [0.15, 0.2) is 0 Å². The molecule has 1 atom stereocenters. The number of hydrogen-bond acceptors (Lipinski definition) is 1. The Balaban J connectivity index is 3.12. The van der Waals surface area contributed by atoms with Crippen LogP contribution in [0.1, 0.15) is 78.6 Å². The molecule has 0 saturated carbocycles. The molecule has 0 aromatic heterocycles. The molecule has 1 heteroatoms. The van der Waals surface area contributed by atoms with Gasteiger partial charge in [-0.25, -0.2) is 0 Å². The molecule has 1 nitrogen and oxygen atoms in total. The van der Waals surface area contributed by atoms with E-state index >= 15 is 0 Å². The molecule has 0 radical (unpaired) electrons. The van der Waals surface area contributed by atoms with E-state index in [9.17, 15) is 0 Å². The predicted molar refractivity (Wildman–Crippen MR) is 74.9 cm³/mol. The minimum Gasteiger partial charge on any atom is -0.317 e. The van der Waals surface area contributed by atoms with Crippen LogP contribution in [0.2, 0.25) is 0 Å². The van der Waals surface area contributed by atoms with Crippen molar-refractivity contribution in [2.45, 2.75) is 78.6 Å². The highest BCUT2D eigenvalue weighted by Crippen LogP contribution is 2.19. The van der Waals surface area contributed by atoms with Crippen molar-refractivity contribution in [1.82, 2.24) is 5.32 Å². The van der Waals surface area contributed by atoms with Gasteiger partial charge in [-0.2, -0.15) is 0 Å². The Bertz CT molecular complexity index is 123. The molecule has 0 bridgehead atoms. The van der Waals surface area contributed by atoms with Crippen LogP contribution in [0.25, 0.3) is 0 Å². The fourth-order valence-electron chi connectivity index (χ4n) is 2.35. The van der Waals surface area contributed by atoms with Gasteiger partial charge in [0.25, 0.3) is 0 Å². The monoisotopic (exact) mass is 227 g/mol. The number of unbranched alkanes of at least 4 members (excludes halogenated alkanes) is 4. The van der Waals surface area contributed by atoms with Crippen LogP contribution >= 0.6 is 0 Å².